The lowest BCUT2D eigenvalue weighted by Gasteiger charge is -2.36. The Morgan fingerprint density at radius 3 is 2.36 bits per heavy atom. The Balaban J connectivity index is 0.00000242. The molecule has 0 radical (unpaired) electrons. The zero-order chi connectivity index (χ0) is 15.6. The van der Waals surface area contributed by atoms with Gasteiger partial charge in [0, 0.05) is 37.8 Å². The number of piperazine rings is 1. The van der Waals surface area contributed by atoms with E-state index in [1.54, 1.807) is 6.92 Å². The van der Waals surface area contributed by atoms with E-state index < -0.39 is 23.6 Å². The number of nitrogens with zero attached hydrogens (tertiary/aromatic N) is 1. The van der Waals surface area contributed by atoms with Gasteiger partial charge in [-0.1, -0.05) is 18.5 Å². The van der Waals surface area contributed by atoms with Crippen LogP contribution in [0, 0.1) is 5.82 Å². The second kappa shape index (κ2) is 7.81. The molecular weight excluding hydrogens is 343 g/mol. The van der Waals surface area contributed by atoms with Gasteiger partial charge in [0.1, 0.15) is 5.82 Å². The van der Waals surface area contributed by atoms with Gasteiger partial charge in [-0.3, -0.25) is 4.90 Å². The lowest BCUT2D eigenvalue weighted by molar-refractivity contribution is -0.139. The molecule has 0 spiro atoms. The maximum Gasteiger partial charge on any atom is 0.416 e. The molecule has 8 heteroatoms. The Morgan fingerprint density at radius 2 is 1.86 bits per heavy atom. The maximum atomic E-state index is 14.3. The molecule has 22 heavy (non-hydrogen) atoms. The van der Waals surface area contributed by atoms with Gasteiger partial charge in [0.2, 0.25) is 0 Å². The molecule has 0 aliphatic carbocycles. The average Bonchev–Trinajstić information content (AvgIpc) is 2.44. The van der Waals surface area contributed by atoms with Gasteiger partial charge in [-0.2, -0.15) is 13.2 Å². The fourth-order valence-corrected chi connectivity index (χ4v) is 2.94. The highest BCUT2D eigenvalue weighted by Crippen LogP contribution is 2.40. The van der Waals surface area contributed by atoms with Crippen LogP contribution in [0.25, 0.3) is 0 Å². The Kier molecular flexibility index (Phi) is 6.92. The standard InChI is InChI=1S/C14H17ClF4N2.ClH/c1-2-11(21-7-5-20-6-8-21)12-9(14(17,18)19)3-4-10(15)13(12)16;/h3-4,11,20H,2,5-8H2,1H3;1H/t11-;/m1./s1. The molecule has 0 aromatic heterocycles. The molecule has 126 valence electrons. The van der Waals surface area contributed by atoms with Gasteiger partial charge >= 0.3 is 6.18 Å². The van der Waals surface area contributed by atoms with E-state index in [0.717, 1.165) is 12.1 Å². The Bertz CT molecular complexity index is 502. The van der Waals surface area contributed by atoms with E-state index in [4.69, 9.17) is 11.6 Å². The Hall–Kier alpha value is -0.560. The molecule has 2 rings (SSSR count). The van der Waals surface area contributed by atoms with E-state index in [1.807, 2.05) is 4.90 Å². The number of hydrogen-bond donors (Lipinski definition) is 1. The zero-order valence-corrected chi connectivity index (χ0v) is 13.6. The largest absolute Gasteiger partial charge is 0.416 e. The first kappa shape index (κ1) is 19.5. The predicted octanol–water partition coefficient (Wildman–Crippen LogP) is 4.28. The lowest BCUT2D eigenvalue weighted by atomic mass is 9.95. The first-order valence-electron chi connectivity index (χ1n) is 6.86. The van der Waals surface area contributed by atoms with Gasteiger partial charge in [0.05, 0.1) is 10.6 Å². The predicted molar refractivity (Wildman–Crippen MR) is 81.1 cm³/mol. The molecule has 0 saturated carbocycles. The lowest BCUT2D eigenvalue weighted by Crippen LogP contribution is -2.45. The van der Waals surface area contributed by atoms with Crippen molar-refractivity contribution in [2.45, 2.75) is 25.6 Å². The summed E-state index contributed by atoms with van der Waals surface area (Å²) in [5.41, 5.74) is -1.27. The van der Waals surface area contributed by atoms with E-state index in [-0.39, 0.29) is 23.0 Å². The summed E-state index contributed by atoms with van der Waals surface area (Å²) < 4.78 is 53.9. The first-order valence-corrected chi connectivity index (χ1v) is 7.24. The molecule has 1 aliphatic rings. The van der Waals surface area contributed by atoms with Crippen LogP contribution in [-0.4, -0.2) is 31.1 Å². The summed E-state index contributed by atoms with van der Waals surface area (Å²) in [6, 6.07) is 1.21. The molecular formula is C14H18Cl2F4N2. The number of nitrogens with one attached hydrogen (secondary N) is 1. The van der Waals surface area contributed by atoms with Gasteiger partial charge in [0.25, 0.3) is 0 Å². The monoisotopic (exact) mass is 360 g/mol. The topological polar surface area (TPSA) is 15.3 Å². The molecule has 0 amide bonds. The normalized spacial score (nSPS) is 17.9. The quantitative estimate of drug-likeness (QED) is 0.809. The van der Waals surface area contributed by atoms with Crippen molar-refractivity contribution in [1.29, 1.82) is 0 Å². The van der Waals surface area contributed by atoms with Crippen molar-refractivity contribution in [2.75, 3.05) is 26.2 Å². The Labute approximate surface area is 138 Å². The highest BCUT2D eigenvalue weighted by atomic mass is 35.5. The summed E-state index contributed by atoms with van der Waals surface area (Å²) in [5, 5.41) is 2.86. The second-order valence-corrected chi connectivity index (χ2v) is 5.44. The van der Waals surface area contributed by atoms with Crippen molar-refractivity contribution in [1.82, 2.24) is 10.2 Å². The molecule has 1 atom stereocenters. The zero-order valence-electron chi connectivity index (χ0n) is 12.0. The minimum absolute atomic E-state index is 0. The first-order chi connectivity index (χ1) is 9.86. The van der Waals surface area contributed by atoms with Crippen molar-refractivity contribution < 1.29 is 17.6 Å². The van der Waals surface area contributed by atoms with E-state index in [9.17, 15) is 17.6 Å². The minimum Gasteiger partial charge on any atom is -0.314 e. The van der Waals surface area contributed by atoms with Crippen molar-refractivity contribution in [3.05, 3.63) is 34.1 Å². The fourth-order valence-electron chi connectivity index (χ4n) is 2.78. The summed E-state index contributed by atoms with van der Waals surface area (Å²) in [7, 11) is 0. The van der Waals surface area contributed by atoms with E-state index in [0.29, 0.717) is 32.6 Å². The fraction of sp³-hybridized carbons (Fsp3) is 0.571. The van der Waals surface area contributed by atoms with Crippen molar-refractivity contribution in [3.8, 4) is 0 Å². The van der Waals surface area contributed by atoms with Crippen LogP contribution in [0.15, 0.2) is 12.1 Å². The van der Waals surface area contributed by atoms with Gasteiger partial charge in [-0.15, -0.1) is 12.4 Å². The van der Waals surface area contributed by atoms with Crippen LogP contribution >= 0.6 is 24.0 Å². The number of hydrogen-bond acceptors (Lipinski definition) is 2. The van der Waals surface area contributed by atoms with E-state index >= 15 is 0 Å². The molecule has 1 fully saturated rings. The Morgan fingerprint density at radius 1 is 1.27 bits per heavy atom. The SMILES string of the molecule is CC[C@H](c1c(C(F)(F)F)ccc(Cl)c1F)N1CCNCC1.Cl. The summed E-state index contributed by atoms with van der Waals surface area (Å²) in [4.78, 5) is 1.88. The summed E-state index contributed by atoms with van der Waals surface area (Å²) in [6.07, 6.45) is -4.21. The van der Waals surface area contributed by atoms with Crippen molar-refractivity contribution >= 4 is 24.0 Å². The average molecular weight is 361 g/mol. The van der Waals surface area contributed by atoms with Crippen molar-refractivity contribution in [3.63, 3.8) is 0 Å². The van der Waals surface area contributed by atoms with Crippen LogP contribution < -0.4 is 5.32 Å². The third-order valence-electron chi connectivity index (χ3n) is 3.75. The molecule has 1 saturated heterocycles. The highest BCUT2D eigenvalue weighted by molar-refractivity contribution is 6.30. The number of rotatable bonds is 3. The van der Waals surface area contributed by atoms with Gasteiger partial charge in [0.15, 0.2) is 0 Å². The summed E-state index contributed by atoms with van der Waals surface area (Å²) in [5.74, 6) is -0.961. The van der Waals surface area contributed by atoms with E-state index in [2.05, 4.69) is 5.32 Å². The number of benzene rings is 1. The van der Waals surface area contributed by atoms with Crippen LogP contribution in [0.5, 0.6) is 0 Å². The van der Waals surface area contributed by atoms with Gasteiger partial charge in [-0.05, 0) is 18.6 Å². The molecule has 1 aromatic carbocycles. The third kappa shape index (κ3) is 4.04. The van der Waals surface area contributed by atoms with Crippen LogP contribution in [0.2, 0.25) is 5.02 Å². The number of alkyl halides is 3. The third-order valence-corrected chi connectivity index (χ3v) is 4.04. The minimum atomic E-state index is -4.60. The molecule has 1 N–H and O–H groups in total. The molecule has 1 aliphatic heterocycles. The van der Waals surface area contributed by atoms with Gasteiger partial charge in [-0.25, -0.2) is 4.39 Å². The van der Waals surface area contributed by atoms with Gasteiger partial charge < -0.3 is 5.32 Å². The smallest absolute Gasteiger partial charge is 0.314 e. The van der Waals surface area contributed by atoms with Crippen LogP contribution in [-0.2, 0) is 6.18 Å². The van der Waals surface area contributed by atoms with E-state index in [1.165, 1.54) is 0 Å². The summed E-state index contributed by atoms with van der Waals surface area (Å²) >= 11 is 5.70. The molecule has 1 aromatic rings. The van der Waals surface area contributed by atoms with Crippen LogP contribution in [0.1, 0.15) is 30.5 Å². The van der Waals surface area contributed by atoms with Crippen molar-refractivity contribution in [2.24, 2.45) is 0 Å². The highest BCUT2D eigenvalue weighted by Gasteiger charge is 2.38. The molecule has 2 nitrogen and oxygen atoms in total. The summed E-state index contributed by atoms with van der Waals surface area (Å²) in [6.45, 7) is 4.29. The second-order valence-electron chi connectivity index (χ2n) is 5.03. The number of halogens is 6. The van der Waals surface area contributed by atoms with Crippen LogP contribution in [0.4, 0.5) is 17.6 Å². The molecule has 0 unspecified atom stereocenters. The molecule has 0 bridgehead atoms. The molecule has 1 heterocycles. The van der Waals surface area contributed by atoms with Crippen LogP contribution in [0.3, 0.4) is 0 Å². The maximum absolute atomic E-state index is 14.3.